The highest BCUT2D eigenvalue weighted by molar-refractivity contribution is 6.31. The van der Waals surface area contributed by atoms with E-state index < -0.39 is 0 Å². The fourth-order valence-electron chi connectivity index (χ4n) is 4.24. The molecule has 3 rings (SSSR count). The fourth-order valence-corrected chi connectivity index (χ4v) is 4.46. The van der Waals surface area contributed by atoms with E-state index >= 15 is 0 Å². The Morgan fingerprint density at radius 3 is 2.88 bits per heavy atom. The number of carbonyl (C=O) groups excluding carboxylic acids is 1. The summed E-state index contributed by atoms with van der Waals surface area (Å²) < 4.78 is 13.2. The summed E-state index contributed by atoms with van der Waals surface area (Å²) in [6.45, 7) is 4.18. The van der Waals surface area contributed by atoms with Crippen LogP contribution in [0.5, 0.6) is 0 Å². The van der Waals surface area contributed by atoms with E-state index in [1.165, 1.54) is 12.1 Å². The molecule has 6 heteroatoms. The van der Waals surface area contributed by atoms with Gasteiger partial charge < -0.3 is 10.0 Å². The van der Waals surface area contributed by atoms with Gasteiger partial charge in [-0.2, -0.15) is 0 Å². The number of likely N-dealkylation sites (tertiary alicyclic amines) is 2. The highest BCUT2D eigenvalue weighted by atomic mass is 35.5. The molecular formula is C19H26ClFN2O2. The van der Waals surface area contributed by atoms with Crippen molar-refractivity contribution in [2.45, 2.75) is 38.6 Å². The van der Waals surface area contributed by atoms with E-state index in [4.69, 9.17) is 16.7 Å². The van der Waals surface area contributed by atoms with Gasteiger partial charge in [-0.25, -0.2) is 4.39 Å². The molecular weight excluding hydrogens is 343 g/mol. The lowest BCUT2D eigenvalue weighted by Crippen LogP contribution is -2.54. The van der Waals surface area contributed by atoms with Crippen LogP contribution in [0.15, 0.2) is 18.2 Å². The summed E-state index contributed by atoms with van der Waals surface area (Å²) in [5.41, 5.74) is 1.08. The van der Waals surface area contributed by atoms with Crippen molar-refractivity contribution < 1.29 is 14.3 Å². The molecule has 2 aliphatic heterocycles. The van der Waals surface area contributed by atoms with Gasteiger partial charge in [-0.15, -0.1) is 0 Å². The second kappa shape index (κ2) is 8.02. The van der Waals surface area contributed by atoms with Gasteiger partial charge in [0.05, 0.1) is 0 Å². The molecule has 1 aromatic rings. The summed E-state index contributed by atoms with van der Waals surface area (Å²) in [5, 5.41) is 9.53. The van der Waals surface area contributed by atoms with Crippen molar-refractivity contribution in [3.05, 3.63) is 34.6 Å². The molecule has 0 bridgehead atoms. The monoisotopic (exact) mass is 368 g/mol. The molecule has 25 heavy (non-hydrogen) atoms. The zero-order valence-electron chi connectivity index (χ0n) is 14.5. The lowest BCUT2D eigenvalue weighted by molar-refractivity contribution is -0.139. The van der Waals surface area contributed by atoms with Gasteiger partial charge in [-0.05, 0) is 49.9 Å². The zero-order valence-corrected chi connectivity index (χ0v) is 15.3. The zero-order chi connectivity index (χ0) is 17.9. The number of rotatable bonds is 5. The first-order valence-electron chi connectivity index (χ1n) is 9.06. The Labute approximate surface area is 153 Å². The Morgan fingerprint density at radius 2 is 2.12 bits per heavy atom. The molecule has 1 aromatic carbocycles. The van der Waals surface area contributed by atoms with Gasteiger partial charge in [0.25, 0.3) is 0 Å². The number of carbonyl (C=O) groups is 1. The minimum absolute atomic E-state index is 0.117. The topological polar surface area (TPSA) is 43.8 Å². The SMILES string of the molecule is O=C1CC[C@@]2(CCCN(Cc3ccc(F)cc3Cl)C2)CN1CCCO. The van der Waals surface area contributed by atoms with Gasteiger partial charge in [-0.1, -0.05) is 17.7 Å². The first-order chi connectivity index (χ1) is 12.0. The van der Waals surface area contributed by atoms with E-state index in [1.807, 2.05) is 4.90 Å². The van der Waals surface area contributed by atoms with Crippen LogP contribution in [0.4, 0.5) is 4.39 Å². The number of piperidine rings is 2. The summed E-state index contributed by atoms with van der Waals surface area (Å²) in [6.07, 6.45) is 4.38. The molecule has 138 valence electrons. The number of hydrogen-bond acceptors (Lipinski definition) is 3. The van der Waals surface area contributed by atoms with Gasteiger partial charge in [0.2, 0.25) is 5.91 Å². The number of amides is 1. The van der Waals surface area contributed by atoms with E-state index in [0.717, 1.165) is 44.5 Å². The average molecular weight is 369 g/mol. The fraction of sp³-hybridized carbons (Fsp3) is 0.632. The predicted octanol–water partition coefficient (Wildman–Crippen LogP) is 3.07. The van der Waals surface area contributed by atoms with Gasteiger partial charge >= 0.3 is 0 Å². The average Bonchev–Trinajstić information content (AvgIpc) is 2.59. The first-order valence-corrected chi connectivity index (χ1v) is 9.44. The van der Waals surface area contributed by atoms with Crippen LogP contribution in [-0.4, -0.2) is 53.6 Å². The smallest absolute Gasteiger partial charge is 0.222 e. The van der Waals surface area contributed by atoms with Gasteiger partial charge in [0, 0.05) is 49.6 Å². The van der Waals surface area contributed by atoms with Crippen LogP contribution >= 0.6 is 11.6 Å². The molecule has 2 fully saturated rings. The van der Waals surface area contributed by atoms with Crippen LogP contribution in [0.1, 0.15) is 37.7 Å². The summed E-state index contributed by atoms with van der Waals surface area (Å²) >= 11 is 6.18. The maximum atomic E-state index is 13.2. The third-order valence-electron chi connectivity index (χ3n) is 5.48. The van der Waals surface area contributed by atoms with Crippen LogP contribution in [0.2, 0.25) is 5.02 Å². The van der Waals surface area contributed by atoms with Crippen molar-refractivity contribution in [3.8, 4) is 0 Å². The summed E-state index contributed by atoms with van der Waals surface area (Å²) in [4.78, 5) is 16.5. The van der Waals surface area contributed by atoms with E-state index in [-0.39, 0.29) is 23.7 Å². The van der Waals surface area contributed by atoms with Crippen molar-refractivity contribution in [1.82, 2.24) is 9.80 Å². The minimum Gasteiger partial charge on any atom is -0.396 e. The number of halogens is 2. The number of aliphatic hydroxyl groups is 1. The number of hydrogen-bond donors (Lipinski definition) is 1. The molecule has 1 amide bonds. The molecule has 2 aliphatic rings. The van der Waals surface area contributed by atoms with Crippen molar-refractivity contribution in [1.29, 1.82) is 0 Å². The van der Waals surface area contributed by atoms with Crippen molar-refractivity contribution in [2.24, 2.45) is 5.41 Å². The number of benzene rings is 1. The minimum atomic E-state index is -0.311. The van der Waals surface area contributed by atoms with E-state index in [0.29, 0.717) is 31.0 Å². The highest BCUT2D eigenvalue weighted by Crippen LogP contribution is 2.39. The third-order valence-corrected chi connectivity index (χ3v) is 5.84. The standard InChI is InChI=1S/C19H26ClFN2O2/c20-17-11-16(21)4-3-15(17)12-22-8-1-6-19(13-22)7-5-18(25)23(14-19)9-2-10-24/h3-4,11,24H,1-2,5-10,12-14H2/t19-/m1/s1. The lowest BCUT2D eigenvalue weighted by Gasteiger charge is -2.48. The molecule has 4 nitrogen and oxygen atoms in total. The molecule has 2 saturated heterocycles. The maximum Gasteiger partial charge on any atom is 0.222 e. The summed E-state index contributed by atoms with van der Waals surface area (Å²) in [6, 6.07) is 4.58. The molecule has 0 aliphatic carbocycles. The Kier molecular flexibility index (Phi) is 5.97. The molecule has 0 unspecified atom stereocenters. The molecule has 1 N–H and O–H groups in total. The molecule has 1 spiro atoms. The molecule has 0 radical (unpaired) electrons. The van der Waals surface area contributed by atoms with Crippen molar-refractivity contribution in [2.75, 3.05) is 32.8 Å². The largest absolute Gasteiger partial charge is 0.396 e. The molecule has 0 saturated carbocycles. The second-order valence-electron chi connectivity index (χ2n) is 7.44. The number of nitrogens with zero attached hydrogens (tertiary/aromatic N) is 2. The van der Waals surface area contributed by atoms with E-state index in [1.54, 1.807) is 6.07 Å². The maximum absolute atomic E-state index is 13.2. The van der Waals surface area contributed by atoms with Crippen LogP contribution in [0, 0.1) is 11.2 Å². The number of aliphatic hydroxyl groups excluding tert-OH is 1. The molecule has 1 atom stereocenters. The first kappa shape index (κ1) is 18.6. The predicted molar refractivity (Wildman–Crippen MR) is 95.9 cm³/mol. The van der Waals surface area contributed by atoms with Crippen molar-refractivity contribution in [3.63, 3.8) is 0 Å². The highest BCUT2D eigenvalue weighted by Gasteiger charge is 2.41. The van der Waals surface area contributed by atoms with Crippen LogP contribution < -0.4 is 0 Å². The lowest BCUT2D eigenvalue weighted by atomic mass is 9.73. The van der Waals surface area contributed by atoms with Crippen LogP contribution in [0.3, 0.4) is 0 Å². The van der Waals surface area contributed by atoms with Crippen LogP contribution in [0.25, 0.3) is 0 Å². The summed E-state index contributed by atoms with van der Waals surface area (Å²) in [7, 11) is 0. The quantitative estimate of drug-likeness (QED) is 0.868. The van der Waals surface area contributed by atoms with Gasteiger partial charge in [0.15, 0.2) is 0 Å². The summed E-state index contributed by atoms with van der Waals surface area (Å²) in [5.74, 6) is -0.105. The van der Waals surface area contributed by atoms with E-state index in [9.17, 15) is 9.18 Å². The van der Waals surface area contributed by atoms with Crippen molar-refractivity contribution >= 4 is 17.5 Å². The third kappa shape index (κ3) is 4.52. The Hall–Kier alpha value is -1.17. The Morgan fingerprint density at radius 1 is 1.28 bits per heavy atom. The van der Waals surface area contributed by atoms with Crippen LogP contribution in [-0.2, 0) is 11.3 Å². The Bertz CT molecular complexity index is 627. The van der Waals surface area contributed by atoms with E-state index in [2.05, 4.69) is 4.90 Å². The Balaban J connectivity index is 1.66. The molecule has 0 aromatic heterocycles. The molecule has 2 heterocycles. The van der Waals surface area contributed by atoms with Gasteiger partial charge in [0.1, 0.15) is 5.82 Å². The van der Waals surface area contributed by atoms with Gasteiger partial charge in [-0.3, -0.25) is 9.69 Å². The second-order valence-corrected chi connectivity index (χ2v) is 7.85. The normalized spacial score (nSPS) is 24.9.